The number of hydrogen-bond donors (Lipinski definition) is 2. The third-order valence-electron chi connectivity index (χ3n) is 2.33. The summed E-state index contributed by atoms with van der Waals surface area (Å²) in [6.07, 6.45) is 4.76. The van der Waals surface area contributed by atoms with Gasteiger partial charge in [-0.3, -0.25) is 4.79 Å². The Balaban J connectivity index is 3.67. The van der Waals surface area contributed by atoms with E-state index in [1.807, 2.05) is 0 Å². The second-order valence-electron chi connectivity index (χ2n) is 3.71. The molecular weight excluding hydrogens is 206 g/mol. The summed E-state index contributed by atoms with van der Waals surface area (Å²) in [6, 6.07) is -0.252. The molecule has 0 fully saturated rings. The van der Waals surface area contributed by atoms with Crippen LogP contribution >= 0.6 is 0 Å². The van der Waals surface area contributed by atoms with Gasteiger partial charge in [0.05, 0.1) is 6.04 Å². The highest BCUT2D eigenvalue weighted by atomic mass is 16.1. The Morgan fingerprint density at radius 3 is 2.81 bits per heavy atom. The summed E-state index contributed by atoms with van der Waals surface area (Å²) in [5.74, 6) is -0.306. The molecule has 6 nitrogen and oxygen atoms in total. The molecule has 0 heterocycles. The number of rotatable bonds is 10. The summed E-state index contributed by atoms with van der Waals surface area (Å²) in [5.41, 5.74) is 13.3. The molecule has 0 aliphatic carbocycles. The van der Waals surface area contributed by atoms with E-state index in [1.165, 1.54) is 0 Å². The van der Waals surface area contributed by atoms with Gasteiger partial charge < -0.3 is 11.1 Å². The zero-order valence-corrected chi connectivity index (χ0v) is 9.85. The number of azide groups is 1. The molecule has 0 aromatic rings. The number of amides is 1. The van der Waals surface area contributed by atoms with E-state index >= 15 is 0 Å². The zero-order valence-electron chi connectivity index (χ0n) is 9.85. The molecule has 92 valence electrons. The molecule has 0 aliphatic heterocycles. The zero-order chi connectivity index (χ0) is 12.2. The second-order valence-corrected chi connectivity index (χ2v) is 3.71. The lowest BCUT2D eigenvalue weighted by Gasteiger charge is -2.14. The van der Waals surface area contributed by atoms with Crippen LogP contribution in [0.2, 0.25) is 0 Å². The van der Waals surface area contributed by atoms with E-state index in [1.54, 1.807) is 0 Å². The number of unbranched alkanes of at least 4 members (excludes halogenated alkanes) is 2. The van der Waals surface area contributed by atoms with Crippen LogP contribution in [0, 0.1) is 0 Å². The largest absolute Gasteiger partial charge is 0.368 e. The molecule has 0 bridgehead atoms. The lowest BCUT2D eigenvalue weighted by Crippen LogP contribution is -2.41. The maximum absolute atomic E-state index is 11.1. The molecule has 0 radical (unpaired) electrons. The Hall–Kier alpha value is -1.26. The van der Waals surface area contributed by atoms with Crippen molar-refractivity contribution in [1.82, 2.24) is 5.32 Å². The topological polar surface area (TPSA) is 104 Å². The number of primary amides is 1. The van der Waals surface area contributed by atoms with Crippen molar-refractivity contribution in [3.05, 3.63) is 10.4 Å². The van der Waals surface area contributed by atoms with Crippen LogP contribution in [-0.2, 0) is 4.79 Å². The van der Waals surface area contributed by atoms with Crippen LogP contribution in [0.15, 0.2) is 5.11 Å². The van der Waals surface area contributed by atoms with Gasteiger partial charge in [-0.1, -0.05) is 31.3 Å². The number of nitrogens with zero attached hydrogens (tertiary/aromatic N) is 3. The van der Waals surface area contributed by atoms with Crippen molar-refractivity contribution in [2.24, 2.45) is 10.8 Å². The standard InChI is InChI=1S/C10H21N5O/c1-2-3-4-6-9(10(11)16)13-7-5-8-14-15-12/h9,13H,2-8H2,1H3,(H2,11,16). The molecule has 0 spiro atoms. The molecule has 1 unspecified atom stereocenters. The van der Waals surface area contributed by atoms with E-state index < -0.39 is 0 Å². The lowest BCUT2D eigenvalue weighted by atomic mass is 10.1. The van der Waals surface area contributed by atoms with E-state index in [2.05, 4.69) is 22.3 Å². The summed E-state index contributed by atoms with van der Waals surface area (Å²) in [6.45, 7) is 3.22. The second kappa shape index (κ2) is 10.3. The predicted molar refractivity (Wildman–Crippen MR) is 63.8 cm³/mol. The van der Waals surface area contributed by atoms with E-state index in [0.717, 1.165) is 32.1 Å². The Morgan fingerprint density at radius 2 is 2.25 bits per heavy atom. The Kier molecular flexibility index (Phi) is 9.46. The summed E-state index contributed by atoms with van der Waals surface area (Å²) >= 11 is 0. The predicted octanol–water partition coefficient (Wildman–Crippen LogP) is 1.71. The Bertz CT molecular complexity index is 237. The van der Waals surface area contributed by atoms with Crippen LogP contribution in [0.5, 0.6) is 0 Å². The van der Waals surface area contributed by atoms with Crippen LogP contribution in [0.1, 0.15) is 39.0 Å². The van der Waals surface area contributed by atoms with Crippen LogP contribution < -0.4 is 11.1 Å². The number of nitrogens with one attached hydrogen (secondary N) is 1. The molecule has 1 atom stereocenters. The summed E-state index contributed by atoms with van der Waals surface area (Å²) in [5, 5.41) is 6.49. The van der Waals surface area contributed by atoms with Crippen LogP contribution in [0.25, 0.3) is 10.4 Å². The molecule has 0 aliphatic rings. The molecule has 3 N–H and O–H groups in total. The van der Waals surface area contributed by atoms with Gasteiger partial charge in [0, 0.05) is 11.5 Å². The lowest BCUT2D eigenvalue weighted by molar-refractivity contribution is -0.120. The number of carbonyl (C=O) groups excluding carboxylic acids is 1. The Labute approximate surface area is 96.2 Å². The summed E-state index contributed by atoms with van der Waals surface area (Å²) < 4.78 is 0. The molecule has 0 saturated carbocycles. The van der Waals surface area contributed by atoms with Crippen LogP contribution in [0.3, 0.4) is 0 Å². The monoisotopic (exact) mass is 227 g/mol. The highest BCUT2D eigenvalue weighted by molar-refractivity contribution is 5.79. The minimum Gasteiger partial charge on any atom is -0.368 e. The average Bonchev–Trinajstić information content (AvgIpc) is 2.26. The minimum atomic E-state index is -0.306. The van der Waals surface area contributed by atoms with E-state index in [0.29, 0.717) is 13.1 Å². The smallest absolute Gasteiger partial charge is 0.234 e. The van der Waals surface area contributed by atoms with Gasteiger partial charge in [0.1, 0.15) is 0 Å². The first-order valence-electron chi connectivity index (χ1n) is 5.76. The first-order chi connectivity index (χ1) is 7.72. The van der Waals surface area contributed by atoms with E-state index in [-0.39, 0.29) is 11.9 Å². The molecule has 16 heavy (non-hydrogen) atoms. The van der Waals surface area contributed by atoms with Crippen molar-refractivity contribution < 1.29 is 4.79 Å². The van der Waals surface area contributed by atoms with Crippen molar-refractivity contribution in [3.8, 4) is 0 Å². The fourth-order valence-corrected chi connectivity index (χ4v) is 1.41. The first-order valence-corrected chi connectivity index (χ1v) is 5.76. The van der Waals surface area contributed by atoms with Crippen molar-refractivity contribution >= 4 is 5.91 Å². The van der Waals surface area contributed by atoms with Gasteiger partial charge in [-0.15, -0.1) is 0 Å². The normalized spacial score (nSPS) is 11.8. The van der Waals surface area contributed by atoms with Gasteiger partial charge in [0.25, 0.3) is 0 Å². The van der Waals surface area contributed by atoms with Gasteiger partial charge >= 0.3 is 0 Å². The molecule has 0 aromatic carbocycles. The fourth-order valence-electron chi connectivity index (χ4n) is 1.41. The summed E-state index contributed by atoms with van der Waals surface area (Å²) in [7, 11) is 0. The van der Waals surface area contributed by atoms with E-state index in [9.17, 15) is 4.79 Å². The first kappa shape index (κ1) is 14.7. The molecule has 1 amide bonds. The molecule has 0 saturated heterocycles. The molecule has 0 rings (SSSR count). The van der Waals surface area contributed by atoms with Gasteiger partial charge in [0.15, 0.2) is 0 Å². The summed E-state index contributed by atoms with van der Waals surface area (Å²) in [4.78, 5) is 13.7. The number of nitrogens with two attached hydrogens (primary N) is 1. The maximum atomic E-state index is 11.1. The van der Waals surface area contributed by atoms with Gasteiger partial charge in [-0.05, 0) is 24.9 Å². The average molecular weight is 227 g/mol. The molecule has 6 heteroatoms. The molecule has 0 aromatic heterocycles. The minimum absolute atomic E-state index is 0.252. The van der Waals surface area contributed by atoms with Crippen LogP contribution in [-0.4, -0.2) is 25.0 Å². The Morgan fingerprint density at radius 1 is 1.50 bits per heavy atom. The third kappa shape index (κ3) is 8.08. The van der Waals surface area contributed by atoms with Crippen molar-refractivity contribution in [2.75, 3.05) is 13.1 Å². The SMILES string of the molecule is CCCCCC(NCCCN=[N+]=[N-])C(N)=O. The van der Waals surface area contributed by atoms with Gasteiger partial charge in [0.2, 0.25) is 5.91 Å². The number of carbonyl (C=O) groups is 1. The fraction of sp³-hybridized carbons (Fsp3) is 0.900. The van der Waals surface area contributed by atoms with Crippen molar-refractivity contribution in [2.45, 2.75) is 45.1 Å². The molecular formula is C10H21N5O. The van der Waals surface area contributed by atoms with Crippen LogP contribution in [0.4, 0.5) is 0 Å². The number of hydrogen-bond acceptors (Lipinski definition) is 3. The third-order valence-corrected chi connectivity index (χ3v) is 2.33. The quantitative estimate of drug-likeness (QED) is 0.257. The van der Waals surface area contributed by atoms with E-state index in [4.69, 9.17) is 11.3 Å². The maximum Gasteiger partial charge on any atom is 0.234 e. The van der Waals surface area contributed by atoms with Gasteiger partial charge in [-0.2, -0.15) is 0 Å². The van der Waals surface area contributed by atoms with Gasteiger partial charge in [-0.25, -0.2) is 0 Å². The highest BCUT2D eigenvalue weighted by Crippen LogP contribution is 2.03. The highest BCUT2D eigenvalue weighted by Gasteiger charge is 2.12. The van der Waals surface area contributed by atoms with Crippen molar-refractivity contribution in [1.29, 1.82) is 0 Å². The van der Waals surface area contributed by atoms with Crippen molar-refractivity contribution in [3.63, 3.8) is 0 Å².